The van der Waals surface area contributed by atoms with Gasteiger partial charge in [-0.05, 0) is 26.0 Å². The molecule has 1 heterocycles. The minimum absolute atomic E-state index is 0.0529. The number of benzene rings is 1. The Hall–Kier alpha value is -2.94. The summed E-state index contributed by atoms with van der Waals surface area (Å²) < 4.78 is 5.56. The molecule has 2 rings (SSSR count). The zero-order valence-corrected chi connectivity index (χ0v) is 11.7. The van der Waals surface area contributed by atoms with E-state index in [0.717, 1.165) is 0 Å². The van der Waals surface area contributed by atoms with Crippen LogP contribution in [-0.4, -0.2) is 9.91 Å². The highest BCUT2D eigenvalue weighted by Crippen LogP contribution is 2.25. The van der Waals surface area contributed by atoms with Crippen molar-refractivity contribution in [2.45, 2.75) is 20.5 Å². The van der Waals surface area contributed by atoms with Crippen LogP contribution in [0.2, 0.25) is 0 Å². The van der Waals surface area contributed by atoms with E-state index in [9.17, 15) is 10.1 Å². The van der Waals surface area contributed by atoms with E-state index >= 15 is 0 Å². The lowest BCUT2D eigenvalue weighted by molar-refractivity contribution is -0.386. The van der Waals surface area contributed by atoms with Gasteiger partial charge in [0.25, 0.3) is 5.69 Å². The smallest absolute Gasteiger partial charge is 0.278 e. The Morgan fingerprint density at radius 3 is 2.76 bits per heavy atom. The molecule has 0 N–H and O–H groups in total. The van der Waals surface area contributed by atoms with Crippen LogP contribution in [0, 0.1) is 35.3 Å². The lowest BCUT2D eigenvalue weighted by atomic mass is 10.1. The Kier molecular flexibility index (Phi) is 4.14. The molecule has 1 aromatic heterocycles. The van der Waals surface area contributed by atoms with Crippen LogP contribution in [0.5, 0.6) is 5.75 Å². The summed E-state index contributed by atoms with van der Waals surface area (Å²) in [6.07, 6.45) is 1.46. The molecule has 2 aromatic rings. The first-order chi connectivity index (χ1) is 10.0. The standard InChI is InChI=1S/C15H13N3O3/c1-10-8-17-13(11(2)15(10)18(19)20)9-21-14-6-4-3-5-12(14)7-16/h3-6,8H,9H2,1-2H3. The van der Waals surface area contributed by atoms with Gasteiger partial charge in [0.1, 0.15) is 18.4 Å². The summed E-state index contributed by atoms with van der Waals surface area (Å²) >= 11 is 0. The highest BCUT2D eigenvalue weighted by Gasteiger charge is 2.19. The van der Waals surface area contributed by atoms with E-state index in [-0.39, 0.29) is 12.3 Å². The lowest BCUT2D eigenvalue weighted by Gasteiger charge is -2.10. The van der Waals surface area contributed by atoms with E-state index in [2.05, 4.69) is 4.98 Å². The average Bonchev–Trinajstić information content (AvgIpc) is 2.46. The topological polar surface area (TPSA) is 89.0 Å². The second-order valence-corrected chi connectivity index (χ2v) is 4.52. The molecule has 21 heavy (non-hydrogen) atoms. The largest absolute Gasteiger partial charge is 0.486 e. The van der Waals surface area contributed by atoms with Crippen LogP contribution in [0.4, 0.5) is 5.69 Å². The van der Waals surface area contributed by atoms with Gasteiger partial charge in [0.2, 0.25) is 0 Å². The van der Waals surface area contributed by atoms with Gasteiger partial charge in [0.05, 0.1) is 21.7 Å². The van der Waals surface area contributed by atoms with Gasteiger partial charge in [0, 0.05) is 11.8 Å². The first-order valence-electron chi connectivity index (χ1n) is 6.26. The van der Waals surface area contributed by atoms with Crippen LogP contribution < -0.4 is 4.74 Å². The van der Waals surface area contributed by atoms with Crippen molar-refractivity contribution in [3.63, 3.8) is 0 Å². The summed E-state index contributed by atoms with van der Waals surface area (Å²) in [5.41, 5.74) is 1.95. The maximum atomic E-state index is 11.1. The molecular formula is C15H13N3O3. The van der Waals surface area contributed by atoms with Gasteiger partial charge in [-0.1, -0.05) is 12.1 Å². The Labute approximate surface area is 121 Å². The first-order valence-corrected chi connectivity index (χ1v) is 6.26. The molecule has 0 saturated heterocycles. The number of hydrogen-bond acceptors (Lipinski definition) is 5. The zero-order chi connectivity index (χ0) is 15.4. The molecule has 0 radical (unpaired) electrons. The Balaban J connectivity index is 2.27. The third kappa shape index (κ3) is 2.98. The summed E-state index contributed by atoms with van der Waals surface area (Å²) in [7, 11) is 0. The maximum Gasteiger partial charge on any atom is 0.278 e. The number of rotatable bonds is 4. The molecule has 0 aliphatic rings. The maximum absolute atomic E-state index is 11.1. The predicted molar refractivity (Wildman–Crippen MR) is 75.9 cm³/mol. The molecule has 0 bridgehead atoms. The van der Waals surface area contributed by atoms with E-state index in [1.165, 1.54) is 6.20 Å². The minimum atomic E-state index is -0.418. The number of nitro groups is 1. The molecule has 0 aliphatic carbocycles. The fraction of sp³-hybridized carbons (Fsp3) is 0.200. The van der Waals surface area contributed by atoms with Crippen LogP contribution in [0.25, 0.3) is 0 Å². The number of aromatic nitrogens is 1. The van der Waals surface area contributed by atoms with Gasteiger partial charge >= 0.3 is 0 Å². The SMILES string of the molecule is Cc1cnc(COc2ccccc2C#N)c(C)c1[N+](=O)[O-]. The van der Waals surface area contributed by atoms with Gasteiger partial charge in [0.15, 0.2) is 0 Å². The summed E-state index contributed by atoms with van der Waals surface area (Å²) in [6.45, 7) is 3.37. The van der Waals surface area contributed by atoms with Crippen LogP contribution in [-0.2, 0) is 6.61 Å². The molecule has 0 amide bonds. The lowest BCUT2D eigenvalue weighted by Crippen LogP contribution is -2.06. The van der Waals surface area contributed by atoms with Crippen molar-refractivity contribution in [3.8, 4) is 11.8 Å². The van der Waals surface area contributed by atoms with Crippen LogP contribution in [0.15, 0.2) is 30.5 Å². The molecule has 106 valence electrons. The molecule has 0 unspecified atom stereocenters. The molecule has 1 aromatic carbocycles. The van der Waals surface area contributed by atoms with Crippen LogP contribution in [0.1, 0.15) is 22.4 Å². The molecule has 6 nitrogen and oxygen atoms in total. The molecule has 0 atom stereocenters. The quantitative estimate of drug-likeness (QED) is 0.635. The molecule has 0 aliphatic heterocycles. The van der Waals surface area contributed by atoms with E-state index in [1.54, 1.807) is 38.1 Å². The highest BCUT2D eigenvalue weighted by molar-refractivity contribution is 5.47. The Morgan fingerprint density at radius 2 is 2.10 bits per heavy atom. The molecule has 0 fully saturated rings. The second-order valence-electron chi connectivity index (χ2n) is 4.52. The van der Waals surface area contributed by atoms with Crippen LogP contribution in [0.3, 0.4) is 0 Å². The van der Waals surface area contributed by atoms with Crippen LogP contribution >= 0.6 is 0 Å². The number of aryl methyl sites for hydroxylation is 1. The second kappa shape index (κ2) is 6.01. The normalized spacial score (nSPS) is 9.95. The van der Waals surface area contributed by atoms with Gasteiger partial charge in [-0.25, -0.2) is 0 Å². The Morgan fingerprint density at radius 1 is 1.38 bits per heavy atom. The highest BCUT2D eigenvalue weighted by atomic mass is 16.6. The van der Waals surface area contributed by atoms with Crippen molar-refractivity contribution >= 4 is 5.69 Å². The monoisotopic (exact) mass is 283 g/mol. The number of nitrogens with zero attached hydrogens (tertiary/aromatic N) is 3. The minimum Gasteiger partial charge on any atom is -0.486 e. The van der Waals surface area contributed by atoms with E-state index in [4.69, 9.17) is 10.00 Å². The number of ether oxygens (including phenoxy) is 1. The van der Waals surface area contributed by atoms with Gasteiger partial charge in [-0.15, -0.1) is 0 Å². The third-order valence-corrected chi connectivity index (χ3v) is 3.13. The first kappa shape index (κ1) is 14.5. The summed E-state index contributed by atoms with van der Waals surface area (Å²) in [5, 5.41) is 20.1. The average molecular weight is 283 g/mol. The summed E-state index contributed by atoms with van der Waals surface area (Å²) in [6, 6.07) is 8.85. The van der Waals surface area contributed by atoms with Crippen molar-refractivity contribution in [1.29, 1.82) is 5.26 Å². The van der Waals surface area contributed by atoms with Crippen molar-refractivity contribution in [1.82, 2.24) is 4.98 Å². The number of nitriles is 1. The van der Waals surface area contributed by atoms with Crippen molar-refractivity contribution in [2.24, 2.45) is 0 Å². The third-order valence-electron chi connectivity index (χ3n) is 3.13. The van der Waals surface area contributed by atoms with E-state index in [1.807, 2.05) is 6.07 Å². The molecular weight excluding hydrogens is 270 g/mol. The molecule has 0 saturated carbocycles. The Bertz CT molecular complexity index is 735. The predicted octanol–water partition coefficient (Wildman–Crippen LogP) is 3.06. The summed E-state index contributed by atoms with van der Waals surface area (Å²) in [4.78, 5) is 14.8. The molecule has 6 heteroatoms. The number of hydrogen-bond donors (Lipinski definition) is 0. The van der Waals surface area contributed by atoms with Gasteiger partial charge in [-0.2, -0.15) is 5.26 Å². The number of para-hydroxylation sites is 1. The fourth-order valence-electron chi connectivity index (χ4n) is 2.02. The van der Waals surface area contributed by atoms with E-state index < -0.39 is 4.92 Å². The summed E-state index contributed by atoms with van der Waals surface area (Å²) in [5.74, 6) is 0.435. The van der Waals surface area contributed by atoms with Crippen molar-refractivity contribution in [2.75, 3.05) is 0 Å². The van der Waals surface area contributed by atoms with Gasteiger partial charge in [-0.3, -0.25) is 15.1 Å². The molecule has 0 spiro atoms. The number of pyridine rings is 1. The van der Waals surface area contributed by atoms with Crippen molar-refractivity contribution < 1.29 is 9.66 Å². The zero-order valence-electron chi connectivity index (χ0n) is 11.7. The van der Waals surface area contributed by atoms with E-state index in [0.29, 0.717) is 28.1 Å². The van der Waals surface area contributed by atoms with Gasteiger partial charge < -0.3 is 4.74 Å². The van der Waals surface area contributed by atoms with Crippen molar-refractivity contribution in [3.05, 3.63) is 63.0 Å². The fourth-order valence-corrected chi connectivity index (χ4v) is 2.02.